The lowest BCUT2D eigenvalue weighted by atomic mass is 9.76. The van der Waals surface area contributed by atoms with Gasteiger partial charge in [-0.1, -0.05) is 104 Å². The molecule has 0 saturated heterocycles. The SMILES string of the molecule is CC1(C)c2cc(C#N)ccc2Sc2ccc(-c3nc(-c4ccccc4-c4ccccc4)c4ccccc4n3)cc21. The number of nitrogens with zero attached hydrogens (tertiary/aromatic N) is 3. The lowest BCUT2D eigenvalue weighted by Gasteiger charge is -2.35. The van der Waals surface area contributed by atoms with Crippen LogP contribution in [0, 0.1) is 11.3 Å². The van der Waals surface area contributed by atoms with Gasteiger partial charge in [0.15, 0.2) is 5.82 Å². The van der Waals surface area contributed by atoms with E-state index in [9.17, 15) is 5.26 Å². The first-order chi connectivity index (χ1) is 19.5. The van der Waals surface area contributed by atoms with Crippen LogP contribution in [0.1, 0.15) is 30.5 Å². The summed E-state index contributed by atoms with van der Waals surface area (Å²) in [5, 5.41) is 10.6. The summed E-state index contributed by atoms with van der Waals surface area (Å²) in [6.45, 7) is 4.47. The summed E-state index contributed by atoms with van der Waals surface area (Å²) in [5.41, 5.74) is 9.03. The van der Waals surface area contributed by atoms with E-state index in [0.29, 0.717) is 11.4 Å². The molecule has 7 rings (SSSR count). The van der Waals surface area contributed by atoms with Crippen molar-refractivity contribution in [3.8, 4) is 39.8 Å². The van der Waals surface area contributed by atoms with Crippen molar-refractivity contribution in [1.29, 1.82) is 5.26 Å². The Kier molecular flexibility index (Phi) is 5.77. The van der Waals surface area contributed by atoms with Crippen molar-refractivity contribution in [3.05, 3.63) is 132 Å². The molecule has 5 aromatic carbocycles. The molecule has 0 bridgehead atoms. The van der Waals surface area contributed by atoms with Crippen LogP contribution in [0.15, 0.2) is 125 Å². The Labute approximate surface area is 238 Å². The molecule has 1 aliphatic heterocycles. The van der Waals surface area contributed by atoms with Gasteiger partial charge in [0.1, 0.15) is 0 Å². The Morgan fingerprint density at radius 2 is 1.32 bits per heavy atom. The van der Waals surface area contributed by atoms with Crippen LogP contribution in [0.25, 0.3) is 44.7 Å². The number of aromatic nitrogens is 2. The van der Waals surface area contributed by atoms with Crippen molar-refractivity contribution < 1.29 is 0 Å². The average Bonchev–Trinajstić information content (AvgIpc) is 3.01. The molecule has 0 spiro atoms. The van der Waals surface area contributed by atoms with Crippen molar-refractivity contribution in [2.45, 2.75) is 29.1 Å². The highest BCUT2D eigenvalue weighted by atomic mass is 32.2. The number of nitriles is 1. The minimum Gasteiger partial charge on any atom is -0.228 e. The molecule has 0 saturated carbocycles. The number of hydrogen-bond acceptors (Lipinski definition) is 4. The van der Waals surface area contributed by atoms with E-state index in [-0.39, 0.29) is 5.41 Å². The normalized spacial score (nSPS) is 13.3. The first kappa shape index (κ1) is 24.3. The first-order valence-corrected chi connectivity index (χ1v) is 14.1. The van der Waals surface area contributed by atoms with Crippen LogP contribution in [0.5, 0.6) is 0 Å². The molecule has 0 atom stereocenters. The van der Waals surface area contributed by atoms with E-state index in [2.05, 4.69) is 105 Å². The van der Waals surface area contributed by atoms with Gasteiger partial charge in [-0.3, -0.25) is 0 Å². The van der Waals surface area contributed by atoms with Crippen LogP contribution in [0.3, 0.4) is 0 Å². The highest BCUT2D eigenvalue weighted by Crippen LogP contribution is 2.50. The van der Waals surface area contributed by atoms with Gasteiger partial charge < -0.3 is 0 Å². The van der Waals surface area contributed by atoms with Crippen LogP contribution < -0.4 is 0 Å². The number of hydrogen-bond donors (Lipinski definition) is 0. The Balaban J connectivity index is 1.41. The molecular formula is C36H25N3S. The van der Waals surface area contributed by atoms with E-state index < -0.39 is 0 Å². The van der Waals surface area contributed by atoms with Gasteiger partial charge in [0.2, 0.25) is 0 Å². The summed E-state index contributed by atoms with van der Waals surface area (Å²) < 4.78 is 0. The summed E-state index contributed by atoms with van der Waals surface area (Å²) in [5.74, 6) is 0.705. The molecule has 0 aliphatic carbocycles. The molecule has 1 aliphatic rings. The third-order valence-electron chi connectivity index (χ3n) is 7.78. The molecule has 40 heavy (non-hydrogen) atoms. The molecule has 0 unspecified atom stereocenters. The van der Waals surface area contributed by atoms with Crippen LogP contribution >= 0.6 is 11.8 Å². The molecule has 4 heteroatoms. The van der Waals surface area contributed by atoms with Crippen molar-refractivity contribution in [2.75, 3.05) is 0 Å². The first-order valence-electron chi connectivity index (χ1n) is 13.3. The number of benzene rings is 5. The summed E-state index contributed by atoms with van der Waals surface area (Å²) >= 11 is 1.76. The summed E-state index contributed by atoms with van der Waals surface area (Å²) in [7, 11) is 0. The number of rotatable bonds is 3. The fourth-order valence-corrected chi connectivity index (χ4v) is 7.01. The maximum absolute atomic E-state index is 9.52. The van der Waals surface area contributed by atoms with E-state index >= 15 is 0 Å². The third kappa shape index (κ3) is 3.99. The molecule has 2 heterocycles. The summed E-state index contributed by atoms with van der Waals surface area (Å²) in [6.07, 6.45) is 0. The fourth-order valence-electron chi connectivity index (χ4n) is 5.66. The van der Waals surface area contributed by atoms with Gasteiger partial charge >= 0.3 is 0 Å². The molecule has 1 aromatic heterocycles. The van der Waals surface area contributed by atoms with Crippen LogP contribution in [0.2, 0.25) is 0 Å². The van der Waals surface area contributed by atoms with Gasteiger partial charge in [0, 0.05) is 31.7 Å². The molecule has 6 aromatic rings. The largest absolute Gasteiger partial charge is 0.228 e. The van der Waals surface area contributed by atoms with E-state index in [0.717, 1.165) is 38.9 Å². The van der Waals surface area contributed by atoms with Gasteiger partial charge in [0.05, 0.1) is 22.8 Å². The van der Waals surface area contributed by atoms with Crippen LogP contribution in [-0.4, -0.2) is 9.97 Å². The zero-order valence-electron chi connectivity index (χ0n) is 22.2. The zero-order chi connectivity index (χ0) is 27.3. The second-order valence-electron chi connectivity index (χ2n) is 10.6. The number of para-hydroxylation sites is 1. The maximum atomic E-state index is 9.52. The molecule has 0 radical (unpaired) electrons. The molecule has 3 nitrogen and oxygen atoms in total. The second-order valence-corrected chi connectivity index (χ2v) is 11.7. The minimum atomic E-state index is -0.266. The summed E-state index contributed by atoms with van der Waals surface area (Å²) in [6, 6.07) is 42.0. The Morgan fingerprint density at radius 3 is 2.12 bits per heavy atom. The monoisotopic (exact) mass is 531 g/mol. The van der Waals surface area contributed by atoms with Crippen molar-refractivity contribution in [1.82, 2.24) is 9.97 Å². The standard InChI is InChI=1S/C36H25N3S/c1-36(2)29-20-23(22-37)16-18-32(29)40-33-19-17-25(21-30(33)36)35-38-31-15-9-8-14-28(31)34(39-35)27-13-7-6-12-26(27)24-10-4-3-5-11-24/h3-21H,1-2H3. The van der Waals surface area contributed by atoms with Gasteiger partial charge in [-0.05, 0) is 58.7 Å². The van der Waals surface area contributed by atoms with Crippen molar-refractivity contribution in [2.24, 2.45) is 0 Å². The Bertz CT molecular complexity index is 1970. The van der Waals surface area contributed by atoms with Crippen LogP contribution in [0.4, 0.5) is 0 Å². The minimum absolute atomic E-state index is 0.266. The lowest BCUT2D eigenvalue weighted by Crippen LogP contribution is -2.24. The quantitative estimate of drug-likeness (QED) is 0.228. The average molecular weight is 532 g/mol. The van der Waals surface area contributed by atoms with Crippen molar-refractivity contribution in [3.63, 3.8) is 0 Å². The highest BCUT2D eigenvalue weighted by Gasteiger charge is 2.34. The summed E-state index contributed by atoms with van der Waals surface area (Å²) in [4.78, 5) is 12.7. The molecule has 0 N–H and O–H groups in total. The molecule has 190 valence electrons. The van der Waals surface area contributed by atoms with E-state index in [1.165, 1.54) is 20.9 Å². The van der Waals surface area contributed by atoms with Gasteiger partial charge in [-0.2, -0.15) is 5.26 Å². The van der Waals surface area contributed by atoms with Gasteiger partial charge in [-0.15, -0.1) is 0 Å². The predicted molar refractivity (Wildman–Crippen MR) is 163 cm³/mol. The Morgan fingerprint density at radius 1 is 0.650 bits per heavy atom. The lowest BCUT2D eigenvalue weighted by molar-refractivity contribution is 0.607. The maximum Gasteiger partial charge on any atom is 0.160 e. The van der Waals surface area contributed by atoms with E-state index in [1.54, 1.807) is 11.8 Å². The molecule has 0 amide bonds. The smallest absolute Gasteiger partial charge is 0.160 e. The Hall–Kier alpha value is -4.72. The third-order valence-corrected chi connectivity index (χ3v) is 8.94. The van der Waals surface area contributed by atoms with Crippen LogP contribution in [-0.2, 0) is 5.41 Å². The number of fused-ring (bicyclic) bond motifs is 3. The van der Waals surface area contributed by atoms with Gasteiger partial charge in [-0.25, -0.2) is 9.97 Å². The fraction of sp³-hybridized carbons (Fsp3) is 0.0833. The topological polar surface area (TPSA) is 49.6 Å². The second kappa shape index (κ2) is 9.48. The highest BCUT2D eigenvalue weighted by molar-refractivity contribution is 7.99. The van der Waals surface area contributed by atoms with E-state index in [4.69, 9.17) is 9.97 Å². The molecular weight excluding hydrogens is 506 g/mol. The predicted octanol–water partition coefficient (Wildman–Crippen LogP) is 9.29. The molecule has 0 fully saturated rings. The zero-order valence-corrected chi connectivity index (χ0v) is 23.0. The van der Waals surface area contributed by atoms with E-state index in [1.807, 2.05) is 30.3 Å². The van der Waals surface area contributed by atoms with Crippen molar-refractivity contribution >= 4 is 22.7 Å². The van der Waals surface area contributed by atoms with Gasteiger partial charge in [0.25, 0.3) is 0 Å².